The SMILES string of the molecule is Cc1ccccc1-n1nnnc1C1(Nc2cccc(C(F)(F)F)c2)CCC(C(C)(C)C)CC1. The third kappa shape index (κ3) is 4.75. The van der Waals surface area contributed by atoms with Crippen LogP contribution in [0.5, 0.6) is 0 Å². The lowest BCUT2D eigenvalue weighted by molar-refractivity contribution is -0.137. The number of halogens is 3. The van der Waals surface area contributed by atoms with Crippen LogP contribution in [0, 0.1) is 18.3 Å². The normalized spacial score (nSPS) is 21.7. The van der Waals surface area contributed by atoms with Crippen LogP contribution in [-0.2, 0) is 11.7 Å². The van der Waals surface area contributed by atoms with Crippen LogP contribution >= 0.6 is 0 Å². The molecule has 1 heterocycles. The first kappa shape index (κ1) is 23.3. The zero-order valence-electron chi connectivity index (χ0n) is 19.4. The lowest BCUT2D eigenvalue weighted by Gasteiger charge is -2.44. The summed E-state index contributed by atoms with van der Waals surface area (Å²) in [5, 5.41) is 16.1. The van der Waals surface area contributed by atoms with Crippen LogP contribution in [0.1, 0.15) is 63.4 Å². The van der Waals surface area contributed by atoms with Gasteiger partial charge in [-0.25, -0.2) is 0 Å². The Morgan fingerprint density at radius 2 is 1.70 bits per heavy atom. The number of aromatic nitrogens is 4. The van der Waals surface area contributed by atoms with Crippen LogP contribution in [0.3, 0.4) is 0 Å². The molecule has 0 radical (unpaired) electrons. The Morgan fingerprint density at radius 3 is 2.33 bits per heavy atom. The summed E-state index contributed by atoms with van der Waals surface area (Å²) in [6.07, 6.45) is -1.11. The van der Waals surface area contributed by atoms with Gasteiger partial charge in [0.15, 0.2) is 5.82 Å². The average Bonchev–Trinajstić information content (AvgIpc) is 3.24. The molecule has 0 amide bonds. The molecule has 4 rings (SSSR count). The molecule has 0 unspecified atom stereocenters. The molecule has 5 nitrogen and oxygen atoms in total. The Labute approximate surface area is 192 Å². The number of aryl methyl sites for hydroxylation is 1. The van der Waals surface area contributed by atoms with E-state index >= 15 is 0 Å². The summed E-state index contributed by atoms with van der Waals surface area (Å²) in [7, 11) is 0. The van der Waals surface area contributed by atoms with E-state index in [0.29, 0.717) is 17.4 Å². The highest BCUT2D eigenvalue weighted by Gasteiger charge is 2.44. The van der Waals surface area contributed by atoms with Gasteiger partial charge in [0, 0.05) is 5.69 Å². The Hall–Kier alpha value is -2.90. The smallest absolute Gasteiger partial charge is 0.373 e. The highest BCUT2D eigenvalue weighted by molar-refractivity contribution is 5.50. The van der Waals surface area contributed by atoms with Crippen molar-refractivity contribution < 1.29 is 13.2 Å². The molecular weight excluding hydrogens is 427 g/mol. The summed E-state index contributed by atoms with van der Waals surface area (Å²) in [6, 6.07) is 13.2. The van der Waals surface area contributed by atoms with Crippen molar-refractivity contribution in [2.24, 2.45) is 11.3 Å². The largest absolute Gasteiger partial charge is 0.416 e. The number of para-hydroxylation sites is 1. The molecule has 1 aliphatic rings. The number of rotatable bonds is 4. The minimum atomic E-state index is -4.41. The number of alkyl halides is 3. The quantitative estimate of drug-likeness (QED) is 0.484. The molecule has 1 fully saturated rings. The number of nitrogens with one attached hydrogen (secondary N) is 1. The Kier molecular flexibility index (Phi) is 5.97. The number of tetrazole rings is 1. The predicted molar refractivity (Wildman–Crippen MR) is 122 cm³/mol. The van der Waals surface area contributed by atoms with Gasteiger partial charge in [-0.15, -0.1) is 5.10 Å². The van der Waals surface area contributed by atoms with Crippen molar-refractivity contribution in [2.45, 2.75) is 65.1 Å². The third-order valence-electron chi connectivity index (χ3n) is 6.88. The van der Waals surface area contributed by atoms with Crippen LogP contribution in [-0.4, -0.2) is 20.2 Å². The van der Waals surface area contributed by atoms with Crippen LogP contribution < -0.4 is 5.32 Å². The predicted octanol–water partition coefficient (Wildman–Crippen LogP) is 6.53. The van der Waals surface area contributed by atoms with E-state index in [1.807, 2.05) is 31.2 Å². The summed E-state index contributed by atoms with van der Waals surface area (Å²) in [5.41, 5.74) is 1.09. The number of nitrogens with zero attached hydrogens (tertiary/aromatic N) is 4. The zero-order valence-corrected chi connectivity index (χ0v) is 19.4. The van der Waals surface area contributed by atoms with Gasteiger partial charge in [-0.05, 0) is 84.2 Å². The summed E-state index contributed by atoms with van der Waals surface area (Å²) in [6.45, 7) is 8.71. The van der Waals surface area contributed by atoms with Crippen molar-refractivity contribution in [2.75, 3.05) is 5.32 Å². The third-order valence-corrected chi connectivity index (χ3v) is 6.88. The fraction of sp³-hybridized carbons (Fsp3) is 0.480. The monoisotopic (exact) mass is 457 g/mol. The maximum atomic E-state index is 13.4. The van der Waals surface area contributed by atoms with E-state index in [0.717, 1.165) is 43.0 Å². The molecule has 0 saturated heterocycles. The van der Waals surface area contributed by atoms with Gasteiger partial charge in [0.25, 0.3) is 0 Å². The second-order valence-electron chi connectivity index (χ2n) is 10.1. The molecule has 8 heteroatoms. The van der Waals surface area contributed by atoms with Crippen molar-refractivity contribution in [3.8, 4) is 5.69 Å². The highest BCUT2D eigenvalue weighted by atomic mass is 19.4. The first-order valence-electron chi connectivity index (χ1n) is 11.3. The Morgan fingerprint density at radius 1 is 1.00 bits per heavy atom. The maximum absolute atomic E-state index is 13.4. The van der Waals surface area contributed by atoms with E-state index in [2.05, 4.69) is 41.6 Å². The van der Waals surface area contributed by atoms with Gasteiger partial charge in [0.05, 0.1) is 16.8 Å². The van der Waals surface area contributed by atoms with E-state index in [1.165, 1.54) is 12.1 Å². The Bertz CT molecular complexity index is 1110. The van der Waals surface area contributed by atoms with Crippen molar-refractivity contribution in [1.82, 2.24) is 20.2 Å². The average molecular weight is 458 g/mol. The number of anilines is 1. The fourth-order valence-electron chi connectivity index (χ4n) is 4.88. The highest BCUT2D eigenvalue weighted by Crippen LogP contribution is 2.47. The zero-order chi connectivity index (χ0) is 23.9. The molecule has 176 valence electrons. The summed E-state index contributed by atoms with van der Waals surface area (Å²) in [4.78, 5) is 0. The van der Waals surface area contributed by atoms with Crippen molar-refractivity contribution in [3.63, 3.8) is 0 Å². The lowest BCUT2D eigenvalue weighted by Crippen LogP contribution is -2.43. The van der Waals surface area contributed by atoms with Gasteiger partial charge in [0.1, 0.15) is 0 Å². The van der Waals surface area contributed by atoms with Gasteiger partial charge in [-0.2, -0.15) is 17.9 Å². The van der Waals surface area contributed by atoms with Crippen LogP contribution in [0.4, 0.5) is 18.9 Å². The molecular formula is C25H30F3N5. The summed E-state index contributed by atoms with van der Waals surface area (Å²) in [5.74, 6) is 1.14. The van der Waals surface area contributed by atoms with Gasteiger partial charge >= 0.3 is 6.18 Å². The summed E-state index contributed by atoms with van der Waals surface area (Å²) >= 11 is 0. The van der Waals surface area contributed by atoms with Gasteiger partial charge in [-0.1, -0.05) is 45.0 Å². The molecule has 1 aromatic heterocycles. The Balaban J connectivity index is 1.77. The molecule has 3 aromatic rings. The molecule has 2 aromatic carbocycles. The van der Waals surface area contributed by atoms with E-state index < -0.39 is 17.3 Å². The van der Waals surface area contributed by atoms with Crippen molar-refractivity contribution in [3.05, 3.63) is 65.5 Å². The minimum absolute atomic E-state index is 0.157. The topological polar surface area (TPSA) is 55.6 Å². The van der Waals surface area contributed by atoms with Gasteiger partial charge in [-0.3, -0.25) is 0 Å². The van der Waals surface area contributed by atoms with Gasteiger partial charge in [0.2, 0.25) is 0 Å². The maximum Gasteiger partial charge on any atom is 0.416 e. The number of hydrogen-bond acceptors (Lipinski definition) is 4. The van der Waals surface area contributed by atoms with E-state index in [-0.39, 0.29) is 5.41 Å². The standard InChI is InChI=1S/C25H30F3N5/c1-17-8-5-6-11-21(17)33-22(30-31-32-33)24(14-12-18(13-15-24)23(2,3)4)29-20-10-7-9-19(16-20)25(26,27)28/h5-11,16,18,29H,12-15H2,1-4H3. The number of hydrogen-bond donors (Lipinski definition) is 1. The molecule has 1 saturated carbocycles. The van der Waals surface area contributed by atoms with E-state index in [4.69, 9.17) is 0 Å². The van der Waals surface area contributed by atoms with Crippen molar-refractivity contribution >= 4 is 5.69 Å². The van der Waals surface area contributed by atoms with E-state index in [9.17, 15) is 13.2 Å². The second kappa shape index (κ2) is 8.47. The van der Waals surface area contributed by atoms with Crippen LogP contribution in [0.2, 0.25) is 0 Å². The van der Waals surface area contributed by atoms with Crippen molar-refractivity contribution in [1.29, 1.82) is 0 Å². The minimum Gasteiger partial charge on any atom is -0.373 e. The first-order valence-corrected chi connectivity index (χ1v) is 11.3. The fourth-order valence-corrected chi connectivity index (χ4v) is 4.88. The molecule has 33 heavy (non-hydrogen) atoms. The second-order valence-corrected chi connectivity index (χ2v) is 10.1. The molecule has 1 N–H and O–H groups in total. The lowest BCUT2D eigenvalue weighted by atomic mass is 9.67. The first-order chi connectivity index (χ1) is 15.5. The molecule has 0 spiro atoms. The molecule has 0 bridgehead atoms. The van der Waals surface area contributed by atoms with Crippen LogP contribution in [0.15, 0.2) is 48.5 Å². The van der Waals surface area contributed by atoms with Crippen LogP contribution in [0.25, 0.3) is 5.69 Å². The molecule has 1 aliphatic carbocycles. The molecule has 0 aliphatic heterocycles. The van der Waals surface area contributed by atoms with Gasteiger partial charge < -0.3 is 5.32 Å². The molecule has 0 atom stereocenters. The summed E-state index contributed by atoms with van der Waals surface area (Å²) < 4.78 is 41.8. The van der Waals surface area contributed by atoms with E-state index in [1.54, 1.807) is 10.7 Å². The number of benzene rings is 2.